The number of methoxy groups -OCH3 is 1. The predicted octanol–water partition coefficient (Wildman–Crippen LogP) is 3.99. The van der Waals surface area contributed by atoms with Gasteiger partial charge in [0, 0.05) is 11.8 Å². The Morgan fingerprint density at radius 3 is 2.36 bits per heavy atom. The van der Waals surface area contributed by atoms with Crippen LogP contribution in [0.3, 0.4) is 0 Å². The van der Waals surface area contributed by atoms with Crippen molar-refractivity contribution in [2.45, 2.75) is 24.9 Å². The summed E-state index contributed by atoms with van der Waals surface area (Å²) in [7, 11) is -3.18. The summed E-state index contributed by atoms with van der Waals surface area (Å²) >= 11 is 1.36. The molecule has 2 aromatic carbocycles. The summed E-state index contributed by atoms with van der Waals surface area (Å²) in [5.41, 5.74) is 2.37. The van der Waals surface area contributed by atoms with Gasteiger partial charge in [-0.1, -0.05) is 42.5 Å². The molecule has 2 heterocycles. The van der Waals surface area contributed by atoms with Crippen molar-refractivity contribution in [2.75, 3.05) is 11.8 Å². The van der Waals surface area contributed by atoms with Gasteiger partial charge < -0.3 is 19.8 Å². The molecule has 0 radical (unpaired) electrons. The highest BCUT2D eigenvalue weighted by atomic mass is 32.2. The summed E-state index contributed by atoms with van der Waals surface area (Å²) in [6, 6.07) is 17.6. The highest BCUT2D eigenvalue weighted by Gasteiger charge is 2.26. The Morgan fingerprint density at radius 2 is 1.72 bits per heavy atom. The first-order valence-electron chi connectivity index (χ1n) is 11.7. The molecule has 11 nitrogen and oxygen atoms in total. The third-order valence-corrected chi connectivity index (χ3v) is 7.01. The van der Waals surface area contributed by atoms with E-state index in [0.29, 0.717) is 22.9 Å². The van der Waals surface area contributed by atoms with Gasteiger partial charge in [-0.2, -0.15) is 8.42 Å². The van der Waals surface area contributed by atoms with Gasteiger partial charge in [-0.25, -0.2) is 9.78 Å². The van der Waals surface area contributed by atoms with Crippen LogP contribution in [-0.2, 0) is 32.7 Å². The second kappa shape index (κ2) is 12.6. The van der Waals surface area contributed by atoms with Gasteiger partial charge in [0.25, 0.3) is 0 Å². The Balaban J connectivity index is 1.59. The van der Waals surface area contributed by atoms with Crippen LogP contribution in [0, 0.1) is 0 Å². The summed E-state index contributed by atoms with van der Waals surface area (Å²) < 4.78 is 43.4. The summed E-state index contributed by atoms with van der Waals surface area (Å²) in [5, 5.41) is 8.04. The molecular formula is C26H26N4O7S2. The van der Waals surface area contributed by atoms with Crippen LogP contribution in [0.5, 0.6) is 0 Å². The lowest BCUT2D eigenvalue weighted by Crippen LogP contribution is -2.49. The fourth-order valence-electron chi connectivity index (χ4n) is 3.82. The highest BCUT2D eigenvalue weighted by molar-refractivity contribution is 7.87. The molecule has 2 atom stereocenters. The van der Waals surface area contributed by atoms with E-state index in [2.05, 4.69) is 15.6 Å². The molecule has 0 bridgehead atoms. The summed E-state index contributed by atoms with van der Waals surface area (Å²) in [5.74, 6) is 0.151. The molecule has 2 amide bonds. The Morgan fingerprint density at radius 1 is 1.00 bits per heavy atom. The number of aromatic nitrogens is 1. The summed E-state index contributed by atoms with van der Waals surface area (Å²) in [4.78, 5) is 30.2. The zero-order valence-electron chi connectivity index (χ0n) is 20.7. The van der Waals surface area contributed by atoms with Crippen LogP contribution in [0.4, 0.5) is 10.5 Å². The molecule has 204 valence electrons. The van der Waals surface area contributed by atoms with E-state index in [-0.39, 0.29) is 12.1 Å². The molecule has 13 heteroatoms. The smallest absolute Gasteiger partial charge is 0.407 e. The monoisotopic (exact) mass is 570 g/mol. The molecule has 0 saturated carbocycles. The third-order valence-electron chi connectivity index (χ3n) is 5.64. The SMILES string of the molecule is COC(=O)NC(Cc1ccccc1)C(=O)NC(Cc1ccc(NS(=O)(=O)O)cc1)c1csc(-c2ccco2)n1. The Labute approximate surface area is 229 Å². The number of furan rings is 1. The molecule has 2 aromatic heterocycles. The molecule has 0 spiro atoms. The standard InChI is InChI=1S/C26H26N4O7S2/c1-36-26(32)29-21(15-17-6-3-2-4-7-17)24(31)27-20(22-16-38-25(28-22)23-8-5-13-37-23)14-18-9-11-19(12-10-18)30-39(33,34)35/h2-13,16,20-21,30H,14-15H2,1H3,(H,27,31)(H,29,32)(H,33,34,35). The molecule has 0 saturated heterocycles. The summed E-state index contributed by atoms with van der Waals surface area (Å²) in [6.07, 6.45) is 1.34. The zero-order valence-corrected chi connectivity index (χ0v) is 22.4. The number of amides is 2. The molecule has 0 fully saturated rings. The lowest BCUT2D eigenvalue weighted by Gasteiger charge is -2.23. The number of carbonyl (C=O) groups excluding carboxylic acids is 2. The molecule has 0 aliphatic carbocycles. The largest absolute Gasteiger partial charge is 0.462 e. The van der Waals surface area contributed by atoms with Crippen molar-refractivity contribution in [1.29, 1.82) is 0 Å². The number of hydrogen-bond acceptors (Lipinski definition) is 8. The number of benzene rings is 2. The van der Waals surface area contributed by atoms with Gasteiger partial charge in [0.15, 0.2) is 10.8 Å². The second-order valence-corrected chi connectivity index (χ2v) is 10.5. The van der Waals surface area contributed by atoms with Crippen LogP contribution < -0.4 is 15.4 Å². The fraction of sp³-hybridized carbons (Fsp3) is 0.192. The lowest BCUT2D eigenvalue weighted by molar-refractivity contribution is -0.123. The lowest BCUT2D eigenvalue weighted by atomic mass is 10.0. The molecule has 39 heavy (non-hydrogen) atoms. The number of hydrogen-bond donors (Lipinski definition) is 4. The predicted molar refractivity (Wildman–Crippen MR) is 145 cm³/mol. The molecule has 0 aliphatic rings. The van der Waals surface area contributed by atoms with Crippen LogP contribution in [0.25, 0.3) is 10.8 Å². The van der Waals surface area contributed by atoms with Gasteiger partial charge in [0.1, 0.15) is 6.04 Å². The van der Waals surface area contributed by atoms with Crippen molar-refractivity contribution in [3.63, 3.8) is 0 Å². The minimum absolute atomic E-state index is 0.181. The van der Waals surface area contributed by atoms with Crippen molar-refractivity contribution < 1.29 is 31.7 Å². The van der Waals surface area contributed by atoms with E-state index in [9.17, 15) is 18.0 Å². The van der Waals surface area contributed by atoms with E-state index in [0.717, 1.165) is 11.1 Å². The van der Waals surface area contributed by atoms with Crippen molar-refractivity contribution in [2.24, 2.45) is 0 Å². The molecule has 2 unspecified atom stereocenters. The Bertz CT molecular complexity index is 1490. The van der Waals surface area contributed by atoms with E-state index in [1.165, 1.54) is 30.6 Å². The number of ether oxygens (including phenoxy) is 1. The molecule has 4 rings (SSSR count). The van der Waals surface area contributed by atoms with Crippen LogP contribution >= 0.6 is 11.3 Å². The third kappa shape index (κ3) is 8.14. The average molecular weight is 571 g/mol. The van der Waals surface area contributed by atoms with E-state index in [4.69, 9.17) is 13.7 Å². The van der Waals surface area contributed by atoms with Gasteiger partial charge in [0.2, 0.25) is 5.91 Å². The molecule has 4 aromatic rings. The number of carbonyl (C=O) groups is 2. The van der Waals surface area contributed by atoms with Crippen LogP contribution in [0.1, 0.15) is 22.9 Å². The first-order chi connectivity index (χ1) is 18.7. The fourth-order valence-corrected chi connectivity index (χ4v) is 5.09. The van der Waals surface area contributed by atoms with E-state index >= 15 is 0 Å². The van der Waals surface area contributed by atoms with Gasteiger partial charge in [0.05, 0.1) is 30.8 Å². The quantitative estimate of drug-likeness (QED) is 0.197. The van der Waals surface area contributed by atoms with Gasteiger partial charge >= 0.3 is 16.4 Å². The number of thiazole rings is 1. The Kier molecular flexibility index (Phi) is 8.96. The number of nitrogens with one attached hydrogen (secondary N) is 3. The number of alkyl carbamates (subject to hydrolysis) is 1. The molecule has 0 aliphatic heterocycles. The second-order valence-electron chi connectivity index (χ2n) is 8.47. The van der Waals surface area contributed by atoms with Crippen molar-refractivity contribution in [3.05, 3.63) is 95.2 Å². The molecular weight excluding hydrogens is 544 g/mol. The van der Waals surface area contributed by atoms with Gasteiger partial charge in [-0.15, -0.1) is 11.3 Å². The van der Waals surface area contributed by atoms with E-state index in [1.54, 1.807) is 30.5 Å². The van der Waals surface area contributed by atoms with Crippen LogP contribution in [0.2, 0.25) is 0 Å². The van der Waals surface area contributed by atoms with Gasteiger partial charge in [-0.05, 0) is 41.8 Å². The minimum Gasteiger partial charge on any atom is -0.462 e. The summed E-state index contributed by atoms with van der Waals surface area (Å²) in [6.45, 7) is 0. The van der Waals surface area contributed by atoms with Crippen molar-refractivity contribution in [3.8, 4) is 10.8 Å². The number of nitrogens with zero attached hydrogens (tertiary/aromatic N) is 1. The Hall–Kier alpha value is -4.20. The van der Waals surface area contributed by atoms with Crippen LogP contribution in [-0.4, -0.2) is 43.1 Å². The average Bonchev–Trinajstić information content (AvgIpc) is 3.61. The number of anilines is 1. The highest BCUT2D eigenvalue weighted by Crippen LogP contribution is 2.28. The van der Waals surface area contributed by atoms with E-state index in [1.807, 2.05) is 40.4 Å². The first kappa shape index (κ1) is 27.8. The normalized spacial score (nSPS) is 12.8. The zero-order chi connectivity index (χ0) is 27.8. The van der Waals surface area contributed by atoms with Gasteiger partial charge in [-0.3, -0.25) is 14.1 Å². The minimum atomic E-state index is -4.41. The topological polar surface area (TPSA) is 160 Å². The van der Waals surface area contributed by atoms with Crippen molar-refractivity contribution in [1.82, 2.24) is 15.6 Å². The molecule has 4 N–H and O–H groups in total. The first-order valence-corrected chi connectivity index (χ1v) is 14.0. The number of rotatable bonds is 11. The van der Waals surface area contributed by atoms with Crippen molar-refractivity contribution >= 4 is 39.3 Å². The maximum atomic E-state index is 13.5. The van der Waals surface area contributed by atoms with Crippen LogP contribution in [0.15, 0.2) is 82.8 Å². The maximum Gasteiger partial charge on any atom is 0.407 e. The van der Waals surface area contributed by atoms with E-state index < -0.39 is 34.4 Å². The maximum absolute atomic E-state index is 13.5.